The van der Waals surface area contributed by atoms with Gasteiger partial charge in [-0.05, 0) is 37.8 Å². The number of nitrogens with one attached hydrogen (secondary N) is 1. The van der Waals surface area contributed by atoms with Crippen LogP contribution in [0.2, 0.25) is 0 Å². The van der Waals surface area contributed by atoms with E-state index in [1.807, 2.05) is 25.1 Å². The monoisotopic (exact) mass is 363 g/mol. The number of benzene rings is 1. The van der Waals surface area contributed by atoms with E-state index in [-0.39, 0.29) is 31.6 Å². The summed E-state index contributed by atoms with van der Waals surface area (Å²) in [6.45, 7) is 4.51. The van der Waals surface area contributed by atoms with Crippen molar-refractivity contribution in [3.63, 3.8) is 0 Å². The zero-order chi connectivity index (χ0) is 18.8. The van der Waals surface area contributed by atoms with Crippen molar-refractivity contribution < 1.29 is 23.8 Å². The Labute approximate surface area is 155 Å². The van der Waals surface area contributed by atoms with E-state index in [4.69, 9.17) is 14.2 Å². The molecule has 1 aromatic carbocycles. The van der Waals surface area contributed by atoms with Gasteiger partial charge in [0.05, 0.1) is 19.6 Å². The minimum atomic E-state index is -0.453. The summed E-state index contributed by atoms with van der Waals surface area (Å²) < 4.78 is 16.1. The molecule has 0 heterocycles. The fourth-order valence-electron chi connectivity index (χ4n) is 3.09. The molecule has 2 rings (SSSR count). The highest BCUT2D eigenvalue weighted by Crippen LogP contribution is 2.26. The van der Waals surface area contributed by atoms with Crippen LogP contribution in [-0.4, -0.2) is 37.7 Å². The highest BCUT2D eigenvalue weighted by atomic mass is 16.5. The average Bonchev–Trinajstić information content (AvgIpc) is 2.63. The molecule has 1 amide bonds. The van der Waals surface area contributed by atoms with Crippen LogP contribution in [0.25, 0.3) is 0 Å². The summed E-state index contributed by atoms with van der Waals surface area (Å²) in [4.78, 5) is 23.7. The van der Waals surface area contributed by atoms with E-state index in [1.165, 1.54) is 6.42 Å². The predicted molar refractivity (Wildman–Crippen MR) is 98.2 cm³/mol. The number of amides is 1. The Bertz CT molecular complexity index is 589. The zero-order valence-electron chi connectivity index (χ0n) is 15.7. The Balaban J connectivity index is 1.65. The van der Waals surface area contributed by atoms with Crippen molar-refractivity contribution in [3.05, 3.63) is 24.3 Å². The van der Waals surface area contributed by atoms with Crippen molar-refractivity contribution in [2.24, 2.45) is 5.92 Å². The molecular weight excluding hydrogens is 334 g/mol. The molecule has 6 heteroatoms. The van der Waals surface area contributed by atoms with Gasteiger partial charge in [-0.2, -0.15) is 0 Å². The van der Waals surface area contributed by atoms with Crippen LogP contribution in [0.3, 0.4) is 0 Å². The van der Waals surface area contributed by atoms with E-state index >= 15 is 0 Å². The minimum Gasteiger partial charge on any atom is -0.490 e. The van der Waals surface area contributed by atoms with Gasteiger partial charge in [-0.1, -0.05) is 31.9 Å². The molecule has 1 aliphatic carbocycles. The number of ether oxygens (including phenoxy) is 3. The topological polar surface area (TPSA) is 73.9 Å². The highest BCUT2D eigenvalue weighted by Gasteiger charge is 2.23. The van der Waals surface area contributed by atoms with Crippen LogP contribution in [0.4, 0.5) is 0 Å². The van der Waals surface area contributed by atoms with Crippen LogP contribution >= 0.6 is 0 Å². The Morgan fingerprint density at radius 1 is 1.12 bits per heavy atom. The van der Waals surface area contributed by atoms with E-state index in [2.05, 4.69) is 12.2 Å². The predicted octanol–water partition coefficient (Wildman–Crippen LogP) is 3.09. The molecule has 26 heavy (non-hydrogen) atoms. The summed E-state index contributed by atoms with van der Waals surface area (Å²) in [6.07, 6.45) is 4.55. The third kappa shape index (κ3) is 6.58. The third-order valence-electron chi connectivity index (χ3n) is 4.53. The van der Waals surface area contributed by atoms with Gasteiger partial charge in [-0.15, -0.1) is 0 Å². The summed E-state index contributed by atoms with van der Waals surface area (Å²) in [6, 6.07) is 7.49. The van der Waals surface area contributed by atoms with Gasteiger partial charge < -0.3 is 19.5 Å². The smallest absolute Gasteiger partial charge is 0.309 e. The maximum absolute atomic E-state index is 11.9. The number of carbonyl (C=O) groups is 2. The minimum absolute atomic E-state index is 0.0770. The third-order valence-corrected chi connectivity index (χ3v) is 4.53. The molecule has 1 aliphatic rings. The molecule has 6 nitrogen and oxygen atoms in total. The molecule has 0 bridgehead atoms. The number of esters is 1. The number of para-hydroxylation sites is 2. The quantitative estimate of drug-likeness (QED) is 0.683. The maximum atomic E-state index is 11.9. The molecule has 1 saturated carbocycles. The second-order valence-corrected chi connectivity index (χ2v) is 6.57. The first-order valence-corrected chi connectivity index (χ1v) is 9.39. The molecule has 0 aromatic heterocycles. The van der Waals surface area contributed by atoms with Gasteiger partial charge in [0.25, 0.3) is 5.91 Å². The van der Waals surface area contributed by atoms with Crippen molar-refractivity contribution in [1.29, 1.82) is 0 Å². The van der Waals surface area contributed by atoms with Crippen LogP contribution < -0.4 is 14.8 Å². The Kier molecular flexibility index (Phi) is 8.25. The molecule has 144 valence electrons. The SMILES string of the molecule is CCOc1ccccc1OCCC(=O)OCC(=O)N[C@H]1CCCC[C@H]1C. The lowest BCUT2D eigenvalue weighted by molar-refractivity contribution is -0.149. The molecule has 0 aliphatic heterocycles. The molecule has 0 saturated heterocycles. The van der Waals surface area contributed by atoms with Crippen molar-refractivity contribution in [2.75, 3.05) is 19.8 Å². The molecule has 2 atom stereocenters. The fraction of sp³-hybridized carbons (Fsp3) is 0.600. The van der Waals surface area contributed by atoms with E-state index < -0.39 is 5.97 Å². The second-order valence-electron chi connectivity index (χ2n) is 6.57. The Hall–Kier alpha value is -2.24. The van der Waals surface area contributed by atoms with Crippen LogP contribution in [0.5, 0.6) is 11.5 Å². The van der Waals surface area contributed by atoms with Crippen LogP contribution in [0, 0.1) is 5.92 Å². The lowest BCUT2D eigenvalue weighted by Gasteiger charge is -2.29. The van der Waals surface area contributed by atoms with Gasteiger partial charge in [0, 0.05) is 6.04 Å². The van der Waals surface area contributed by atoms with Crippen LogP contribution in [0.1, 0.15) is 46.0 Å². The first-order valence-electron chi connectivity index (χ1n) is 9.39. The normalized spacial score (nSPS) is 19.5. The van der Waals surface area contributed by atoms with Gasteiger partial charge in [0.2, 0.25) is 0 Å². The molecule has 1 fully saturated rings. The summed E-state index contributed by atoms with van der Waals surface area (Å²) in [7, 11) is 0. The van der Waals surface area contributed by atoms with Gasteiger partial charge in [0.15, 0.2) is 18.1 Å². The Morgan fingerprint density at radius 2 is 1.81 bits per heavy atom. The average molecular weight is 363 g/mol. The van der Waals surface area contributed by atoms with Gasteiger partial charge in [-0.3, -0.25) is 9.59 Å². The number of rotatable bonds is 9. The lowest BCUT2D eigenvalue weighted by Crippen LogP contribution is -2.42. The number of carbonyl (C=O) groups excluding carboxylic acids is 2. The van der Waals surface area contributed by atoms with Crippen molar-refractivity contribution >= 4 is 11.9 Å². The summed E-state index contributed by atoms with van der Waals surface area (Å²) in [5, 5.41) is 2.96. The number of hydrogen-bond donors (Lipinski definition) is 1. The van der Waals surface area contributed by atoms with E-state index in [9.17, 15) is 9.59 Å². The van der Waals surface area contributed by atoms with Crippen molar-refractivity contribution in [3.8, 4) is 11.5 Å². The zero-order valence-corrected chi connectivity index (χ0v) is 15.7. The van der Waals surface area contributed by atoms with Crippen molar-refractivity contribution in [1.82, 2.24) is 5.32 Å². The molecule has 0 spiro atoms. The maximum Gasteiger partial charge on any atom is 0.309 e. The molecule has 0 unspecified atom stereocenters. The van der Waals surface area contributed by atoms with Gasteiger partial charge in [-0.25, -0.2) is 0 Å². The Morgan fingerprint density at radius 3 is 2.50 bits per heavy atom. The molecular formula is C20H29NO5. The first kappa shape index (κ1) is 20.1. The van der Waals surface area contributed by atoms with E-state index in [0.29, 0.717) is 24.0 Å². The largest absolute Gasteiger partial charge is 0.490 e. The van der Waals surface area contributed by atoms with Crippen LogP contribution in [-0.2, 0) is 14.3 Å². The highest BCUT2D eigenvalue weighted by molar-refractivity contribution is 5.80. The fourth-order valence-corrected chi connectivity index (χ4v) is 3.09. The van der Waals surface area contributed by atoms with Gasteiger partial charge in [0.1, 0.15) is 0 Å². The standard InChI is InChI=1S/C20H29NO5/c1-3-24-17-10-6-7-11-18(17)25-13-12-20(23)26-14-19(22)21-16-9-5-4-8-15(16)2/h6-7,10-11,15-16H,3-5,8-9,12-14H2,1-2H3,(H,21,22)/t15-,16+/m1/s1. The lowest BCUT2D eigenvalue weighted by atomic mass is 9.86. The summed E-state index contributed by atoms with van der Waals surface area (Å²) in [5.74, 6) is 1.02. The molecule has 1 N–H and O–H groups in total. The first-order chi connectivity index (χ1) is 12.6. The van der Waals surface area contributed by atoms with Gasteiger partial charge >= 0.3 is 5.97 Å². The number of hydrogen-bond acceptors (Lipinski definition) is 5. The summed E-state index contributed by atoms with van der Waals surface area (Å²) >= 11 is 0. The van der Waals surface area contributed by atoms with Crippen molar-refractivity contribution in [2.45, 2.75) is 52.0 Å². The van der Waals surface area contributed by atoms with E-state index in [1.54, 1.807) is 6.07 Å². The molecule has 0 radical (unpaired) electrons. The van der Waals surface area contributed by atoms with E-state index in [0.717, 1.165) is 19.3 Å². The second kappa shape index (κ2) is 10.7. The molecule has 1 aromatic rings. The van der Waals surface area contributed by atoms with Crippen LogP contribution in [0.15, 0.2) is 24.3 Å². The summed E-state index contributed by atoms with van der Waals surface area (Å²) in [5.41, 5.74) is 0.